The molecule has 1 aliphatic carbocycles. The van der Waals surface area contributed by atoms with Gasteiger partial charge in [-0.25, -0.2) is 4.57 Å². The van der Waals surface area contributed by atoms with Gasteiger partial charge in [-0.3, -0.25) is 13.8 Å². The Morgan fingerprint density at radius 2 is 1.13 bits per heavy atom. The lowest BCUT2D eigenvalue weighted by Gasteiger charge is -2.41. The fourth-order valence-electron chi connectivity index (χ4n) is 6.06. The summed E-state index contributed by atoms with van der Waals surface area (Å²) in [4.78, 5) is 23.2. The fraction of sp³-hybridized carbons (Fsp3) is 0.821. The zero-order valence-corrected chi connectivity index (χ0v) is 33.1. The van der Waals surface area contributed by atoms with E-state index in [4.69, 9.17) is 9.05 Å². The Bertz CT molecular complexity index is 1060. The molecule has 0 aromatic rings. The molecule has 0 spiro atoms. The van der Waals surface area contributed by atoms with Crippen molar-refractivity contribution in [3.05, 3.63) is 36.5 Å². The Morgan fingerprint density at radius 1 is 0.660 bits per heavy atom. The molecule has 1 saturated carbocycles. The largest absolute Gasteiger partial charge is 0.472 e. The van der Waals surface area contributed by atoms with Crippen LogP contribution in [0.25, 0.3) is 0 Å². The Kier molecular flexibility index (Phi) is 27.8. The molecule has 8 atom stereocenters. The van der Waals surface area contributed by atoms with E-state index in [1.54, 1.807) is 6.08 Å². The van der Waals surface area contributed by atoms with Gasteiger partial charge in [0.05, 0.1) is 31.3 Å². The molecule has 9 N–H and O–H groups in total. The van der Waals surface area contributed by atoms with Gasteiger partial charge in [0.15, 0.2) is 0 Å². The van der Waals surface area contributed by atoms with Crippen LogP contribution < -0.4 is 5.32 Å². The van der Waals surface area contributed by atoms with Gasteiger partial charge in [0.2, 0.25) is 5.91 Å². The molecule has 0 heterocycles. The Hall–Kier alpha value is -1.48. The molecule has 53 heavy (non-hydrogen) atoms. The van der Waals surface area contributed by atoms with Crippen molar-refractivity contribution in [1.82, 2.24) is 5.32 Å². The van der Waals surface area contributed by atoms with Crippen LogP contribution in [0.5, 0.6) is 0 Å². The first kappa shape index (κ1) is 49.5. The molecular formula is C39H72NO12P. The summed E-state index contributed by atoms with van der Waals surface area (Å²) in [6, 6.07) is -1.26. The number of amides is 1. The number of nitrogens with one attached hydrogen (secondary N) is 1. The summed E-state index contributed by atoms with van der Waals surface area (Å²) in [5, 5.41) is 74.0. The van der Waals surface area contributed by atoms with Gasteiger partial charge in [0.25, 0.3) is 0 Å². The lowest BCUT2D eigenvalue weighted by atomic mass is 9.85. The van der Waals surface area contributed by atoms with E-state index in [1.807, 2.05) is 0 Å². The maximum atomic E-state index is 12.9. The van der Waals surface area contributed by atoms with Gasteiger partial charge >= 0.3 is 7.82 Å². The van der Waals surface area contributed by atoms with E-state index in [-0.39, 0.29) is 6.42 Å². The van der Waals surface area contributed by atoms with E-state index in [1.165, 1.54) is 57.4 Å². The molecule has 8 unspecified atom stereocenters. The maximum Gasteiger partial charge on any atom is 0.472 e. The number of carbonyl (C=O) groups is 1. The topological polar surface area (TPSA) is 226 Å². The third kappa shape index (κ3) is 22.6. The van der Waals surface area contributed by atoms with Crippen molar-refractivity contribution >= 4 is 13.7 Å². The number of phosphoric ester groups is 1. The van der Waals surface area contributed by atoms with E-state index in [0.29, 0.717) is 12.8 Å². The molecule has 0 saturated heterocycles. The van der Waals surface area contributed by atoms with Gasteiger partial charge in [-0.2, -0.15) is 0 Å². The van der Waals surface area contributed by atoms with E-state index in [9.17, 15) is 50.0 Å². The molecule has 14 heteroatoms. The van der Waals surface area contributed by atoms with Crippen molar-refractivity contribution in [1.29, 1.82) is 0 Å². The second-order valence-electron chi connectivity index (χ2n) is 14.3. The van der Waals surface area contributed by atoms with E-state index < -0.39 is 75.2 Å². The normalized spacial score (nSPS) is 25.2. The summed E-state index contributed by atoms with van der Waals surface area (Å²) >= 11 is 0. The van der Waals surface area contributed by atoms with Crippen molar-refractivity contribution in [2.45, 2.75) is 197 Å². The molecule has 0 aliphatic heterocycles. The average molecular weight is 778 g/mol. The molecular weight excluding hydrogens is 705 g/mol. The number of unbranched alkanes of at least 4 members (excludes halogenated alkanes) is 14. The number of rotatable bonds is 31. The van der Waals surface area contributed by atoms with Crippen molar-refractivity contribution in [2.75, 3.05) is 6.61 Å². The highest BCUT2D eigenvalue weighted by Crippen LogP contribution is 2.47. The molecule has 1 aliphatic rings. The third-order valence-corrected chi connectivity index (χ3v) is 10.4. The smallest absolute Gasteiger partial charge is 0.393 e. The predicted molar refractivity (Wildman–Crippen MR) is 206 cm³/mol. The van der Waals surface area contributed by atoms with Crippen LogP contribution in [0.2, 0.25) is 0 Å². The summed E-state index contributed by atoms with van der Waals surface area (Å²) in [6.45, 7) is 3.62. The Balaban J connectivity index is 2.69. The first-order chi connectivity index (χ1) is 25.3. The number of carbonyl (C=O) groups excluding carboxylic acids is 1. The van der Waals surface area contributed by atoms with Crippen molar-refractivity contribution < 1.29 is 59.0 Å². The minimum absolute atomic E-state index is 0.265. The number of phosphoric acid groups is 1. The highest BCUT2D eigenvalue weighted by molar-refractivity contribution is 7.47. The summed E-state index contributed by atoms with van der Waals surface area (Å²) in [5.74, 6) is -0.617. The van der Waals surface area contributed by atoms with Crippen molar-refractivity contribution in [3.63, 3.8) is 0 Å². The fourth-order valence-corrected chi connectivity index (χ4v) is 7.03. The van der Waals surface area contributed by atoms with Crippen LogP contribution in [0.3, 0.4) is 0 Å². The van der Waals surface area contributed by atoms with Crippen LogP contribution in [0.1, 0.15) is 142 Å². The van der Waals surface area contributed by atoms with Crippen LogP contribution in [0, 0.1) is 0 Å². The zero-order chi connectivity index (χ0) is 39.5. The molecule has 1 fully saturated rings. The van der Waals surface area contributed by atoms with Gasteiger partial charge in [-0.15, -0.1) is 0 Å². The predicted octanol–water partition coefficient (Wildman–Crippen LogP) is 5.02. The zero-order valence-electron chi connectivity index (χ0n) is 32.2. The van der Waals surface area contributed by atoms with Gasteiger partial charge in [-0.1, -0.05) is 121 Å². The molecule has 13 nitrogen and oxygen atoms in total. The maximum absolute atomic E-state index is 12.9. The standard InChI is InChI=1S/C39H72NO12P/c1-3-5-7-9-11-13-14-15-16-17-19-21-23-25-27-32(42)31(40-33(43)28-30(41)26-24-22-20-18-12-10-8-6-4-2)29-51-53(49,50)52-39-37(47)35(45)34(44)36(46)38(39)48/h10,12,17,19,25,27,30-32,34-39,41-42,44-48H,3-9,11,13-16,18,20-24,26,28-29H2,1-2H3,(H,40,43)(H,49,50)/b12-10-,19-17+,27-25+. The number of hydrogen-bond acceptors (Lipinski definition) is 11. The second kappa shape index (κ2) is 29.8. The highest BCUT2D eigenvalue weighted by atomic mass is 31.2. The minimum Gasteiger partial charge on any atom is -0.393 e. The molecule has 1 amide bonds. The summed E-state index contributed by atoms with van der Waals surface area (Å²) in [7, 11) is -5.14. The minimum atomic E-state index is -5.14. The Labute approximate surface area is 317 Å². The molecule has 0 bridgehead atoms. The lowest BCUT2D eigenvalue weighted by molar-refractivity contribution is -0.220. The summed E-state index contributed by atoms with van der Waals surface area (Å²) in [5.41, 5.74) is 0. The summed E-state index contributed by atoms with van der Waals surface area (Å²) in [6.07, 6.45) is 16.9. The van der Waals surface area contributed by atoms with E-state index >= 15 is 0 Å². The molecule has 0 radical (unpaired) electrons. The molecule has 1 rings (SSSR count). The lowest BCUT2D eigenvalue weighted by Crippen LogP contribution is -2.64. The van der Waals surface area contributed by atoms with Crippen molar-refractivity contribution in [3.8, 4) is 0 Å². The van der Waals surface area contributed by atoms with Crippen LogP contribution >= 0.6 is 7.82 Å². The van der Waals surface area contributed by atoms with Crippen LogP contribution in [0.4, 0.5) is 0 Å². The first-order valence-electron chi connectivity index (χ1n) is 20.0. The number of aliphatic hydroxyl groups is 7. The number of aliphatic hydroxyl groups excluding tert-OH is 7. The van der Waals surface area contributed by atoms with Gasteiger partial charge in [0, 0.05) is 0 Å². The average Bonchev–Trinajstić information content (AvgIpc) is 3.12. The van der Waals surface area contributed by atoms with Crippen LogP contribution in [-0.2, 0) is 18.4 Å². The number of allylic oxidation sites excluding steroid dienone is 5. The van der Waals surface area contributed by atoms with E-state index in [2.05, 4.69) is 43.5 Å². The van der Waals surface area contributed by atoms with Crippen molar-refractivity contribution in [2.24, 2.45) is 0 Å². The monoisotopic (exact) mass is 777 g/mol. The highest BCUT2D eigenvalue weighted by Gasteiger charge is 2.51. The molecule has 0 aromatic carbocycles. The third-order valence-electron chi connectivity index (χ3n) is 9.45. The SMILES string of the molecule is CCCC/C=C\CCCCCC(O)CC(=O)NC(COP(=O)(O)OC1C(O)C(O)C(O)C(O)C1O)C(O)/C=C/CC/C=C/CCCCCCCCCC. The van der Waals surface area contributed by atoms with Crippen LogP contribution in [-0.4, -0.2) is 108 Å². The second-order valence-corrected chi connectivity index (χ2v) is 15.7. The van der Waals surface area contributed by atoms with Gasteiger partial charge in [-0.05, 0) is 51.4 Å². The van der Waals surface area contributed by atoms with Gasteiger partial charge < -0.3 is 46.0 Å². The van der Waals surface area contributed by atoms with E-state index in [0.717, 1.165) is 57.8 Å². The Morgan fingerprint density at radius 3 is 1.72 bits per heavy atom. The molecule has 0 aromatic heterocycles. The quantitative estimate of drug-likeness (QED) is 0.0257. The van der Waals surface area contributed by atoms with Crippen LogP contribution in [0.15, 0.2) is 36.5 Å². The van der Waals surface area contributed by atoms with Gasteiger partial charge in [0.1, 0.15) is 36.6 Å². The number of hydrogen-bond donors (Lipinski definition) is 9. The summed E-state index contributed by atoms with van der Waals surface area (Å²) < 4.78 is 22.7. The molecule has 310 valence electrons. The first-order valence-corrected chi connectivity index (χ1v) is 21.5.